The van der Waals surface area contributed by atoms with E-state index in [1.54, 1.807) is 0 Å². The van der Waals surface area contributed by atoms with Gasteiger partial charge in [-0.05, 0) is 68.5 Å². The molecule has 2 aliphatic heterocycles. The Labute approximate surface area is 157 Å². The van der Waals surface area contributed by atoms with E-state index >= 15 is 0 Å². The van der Waals surface area contributed by atoms with Crippen molar-refractivity contribution in [2.75, 3.05) is 32.7 Å². The number of amides is 1. The van der Waals surface area contributed by atoms with Crippen molar-refractivity contribution in [2.45, 2.75) is 65.8 Å². The van der Waals surface area contributed by atoms with Crippen molar-refractivity contribution in [1.82, 2.24) is 30.0 Å². The van der Waals surface area contributed by atoms with Crippen molar-refractivity contribution >= 4 is 5.91 Å². The zero-order valence-corrected chi connectivity index (χ0v) is 16.7. The average molecular weight is 363 g/mol. The number of tetrazole rings is 1. The standard InChI is InChI=1S/C19H34N6O/c1-16(2)7-13-24-15-19(9-6-18(24)26)8-4-10-23(14-19)11-5-12-25-17(3)20-21-22-25/h16H,4-15H2,1-3H3. The van der Waals surface area contributed by atoms with Crippen molar-refractivity contribution in [2.24, 2.45) is 11.3 Å². The largest absolute Gasteiger partial charge is 0.342 e. The van der Waals surface area contributed by atoms with E-state index in [1.165, 1.54) is 19.4 Å². The summed E-state index contributed by atoms with van der Waals surface area (Å²) in [5.41, 5.74) is 0.313. The molecule has 0 bridgehead atoms. The van der Waals surface area contributed by atoms with Crippen molar-refractivity contribution in [1.29, 1.82) is 0 Å². The Morgan fingerprint density at radius 1 is 1.15 bits per heavy atom. The number of rotatable bonds is 7. The van der Waals surface area contributed by atoms with Crippen LogP contribution in [0, 0.1) is 18.3 Å². The molecule has 2 aliphatic rings. The molecule has 0 aromatic carbocycles. The highest BCUT2D eigenvalue weighted by molar-refractivity contribution is 5.77. The van der Waals surface area contributed by atoms with Gasteiger partial charge in [-0.2, -0.15) is 0 Å². The Balaban J connectivity index is 1.51. The molecule has 0 radical (unpaired) electrons. The molecule has 2 saturated heterocycles. The number of nitrogens with zero attached hydrogens (tertiary/aromatic N) is 6. The minimum Gasteiger partial charge on any atom is -0.342 e. The molecular formula is C19H34N6O. The van der Waals surface area contributed by atoms with E-state index in [1.807, 2.05) is 11.6 Å². The van der Waals surface area contributed by atoms with Crippen LogP contribution in [0.15, 0.2) is 0 Å². The van der Waals surface area contributed by atoms with E-state index in [4.69, 9.17) is 0 Å². The summed E-state index contributed by atoms with van der Waals surface area (Å²) in [7, 11) is 0. The highest BCUT2D eigenvalue weighted by Crippen LogP contribution is 2.39. The molecule has 146 valence electrons. The lowest BCUT2D eigenvalue weighted by Gasteiger charge is -2.48. The van der Waals surface area contributed by atoms with Crippen LogP contribution >= 0.6 is 0 Å². The van der Waals surface area contributed by atoms with Gasteiger partial charge >= 0.3 is 0 Å². The van der Waals surface area contributed by atoms with Gasteiger partial charge in [-0.1, -0.05) is 13.8 Å². The highest BCUT2D eigenvalue weighted by Gasteiger charge is 2.41. The summed E-state index contributed by atoms with van der Waals surface area (Å²) in [5, 5.41) is 11.7. The third-order valence-corrected chi connectivity index (χ3v) is 6.02. The maximum atomic E-state index is 12.3. The lowest BCUT2D eigenvalue weighted by molar-refractivity contribution is -0.139. The van der Waals surface area contributed by atoms with E-state index in [9.17, 15) is 4.79 Å². The van der Waals surface area contributed by atoms with E-state index in [0.29, 0.717) is 17.2 Å². The molecule has 3 rings (SSSR count). The van der Waals surface area contributed by atoms with Crippen LogP contribution < -0.4 is 0 Å². The van der Waals surface area contributed by atoms with Gasteiger partial charge in [-0.15, -0.1) is 5.10 Å². The first-order valence-corrected chi connectivity index (χ1v) is 10.2. The van der Waals surface area contributed by atoms with Gasteiger partial charge in [0.05, 0.1) is 0 Å². The fraction of sp³-hybridized carbons (Fsp3) is 0.895. The van der Waals surface area contributed by atoms with Gasteiger partial charge < -0.3 is 9.80 Å². The van der Waals surface area contributed by atoms with Crippen LogP contribution in [0.3, 0.4) is 0 Å². The molecule has 26 heavy (non-hydrogen) atoms. The number of carbonyl (C=O) groups excluding carboxylic acids is 1. The van der Waals surface area contributed by atoms with Crippen LogP contribution in [-0.4, -0.2) is 68.6 Å². The number of aromatic nitrogens is 4. The molecule has 3 heterocycles. The van der Waals surface area contributed by atoms with E-state index in [-0.39, 0.29) is 0 Å². The Morgan fingerprint density at radius 3 is 2.73 bits per heavy atom. The van der Waals surface area contributed by atoms with Gasteiger partial charge in [0.2, 0.25) is 5.91 Å². The number of piperidine rings is 2. The molecule has 1 unspecified atom stereocenters. The first-order valence-electron chi connectivity index (χ1n) is 10.2. The number of hydrogen-bond donors (Lipinski definition) is 0. The molecule has 0 N–H and O–H groups in total. The minimum absolute atomic E-state index is 0.313. The Kier molecular flexibility index (Phi) is 6.27. The highest BCUT2D eigenvalue weighted by atomic mass is 16.2. The number of carbonyl (C=O) groups is 1. The maximum Gasteiger partial charge on any atom is 0.222 e. The zero-order valence-electron chi connectivity index (χ0n) is 16.7. The van der Waals surface area contributed by atoms with Crippen molar-refractivity contribution in [3.05, 3.63) is 5.82 Å². The van der Waals surface area contributed by atoms with E-state index in [2.05, 4.69) is 39.2 Å². The number of hydrogen-bond acceptors (Lipinski definition) is 5. The molecule has 7 nitrogen and oxygen atoms in total. The predicted molar refractivity (Wildman–Crippen MR) is 101 cm³/mol. The van der Waals surface area contributed by atoms with E-state index in [0.717, 1.165) is 64.2 Å². The van der Waals surface area contributed by atoms with Gasteiger partial charge in [-0.25, -0.2) is 4.68 Å². The van der Waals surface area contributed by atoms with Gasteiger partial charge in [0.1, 0.15) is 5.82 Å². The van der Waals surface area contributed by atoms with Crippen molar-refractivity contribution in [3.63, 3.8) is 0 Å². The molecule has 1 aromatic rings. The molecule has 1 amide bonds. The summed E-state index contributed by atoms with van der Waals surface area (Å²) in [6.45, 7) is 12.6. The lowest BCUT2D eigenvalue weighted by atomic mass is 9.73. The van der Waals surface area contributed by atoms with Crippen LogP contribution in [0.2, 0.25) is 0 Å². The zero-order chi connectivity index (χ0) is 18.6. The van der Waals surface area contributed by atoms with Crippen molar-refractivity contribution < 1.29 is 4.79 Å². The third-order valence-electron chi connectivity index (χ3n) is 6.02. The minimum atomic E-state index is 0.313. The van der Waals surface area contributed by atoms with Crippen LogP contribution in [0.5, 0.6) is 0 Å². The molecular weight excluding hydrogens is 328 g/mol. The molecule has 1 aromatic heterocycles. The lowest BCUT2D eigenvalue weighted by Crippen LogP contribution is -2.54. The van der Waals surface area contributed by atoms with E-state index < -0.39 is 0 Å². The maximum absolute atomic E-state index is 12.3. The van der Waals surface area contributed by atoms with Gasteiger partial charge in [0, 0.05) is 38.0 Å². The normalized spacial score (nSPS) is 24.8. The van der Waals surface area contributed by atoms with Crippen LogP contribution in [0.4, 0.5) is 0 Å². The summed E-state index contributed by atoms with van der Waals surface area (Å²) in [6, 6.07) is 0. The molecule has 2 fully saturated rings. The topological polar surface area (TPSA) is 67.2 Å². The molecule has 1 spiro atoms. The van der Waals surface area contributed by atoms with Crippen molar-refractivity contribution in [3.8, 4) is 0 Å². The predicted octanol–water partition coefficient (Wildman–Crippen LogP) is 2.12. The SMILES string of the molecule is Cc1nnnn1CCCN1CCCC2(CCC(=O)N(CCC(C)C)C2)C1. The third kappa shape index (κ3) is 4.81. The molecule has 7 heteroatoms. The van der Waals surface area contributed by atoms with Gasteiger partial charge in [-0.3, -0.25) is 4.79 Å². The summed E-state index contributed by atoms with van der Waals surface area (Å²) in [6.07, 6.45) is 6.48. The monoisotopic (exact) mass is 362 g/mol. The Hall–Kier alpha value is -1.50. The Bertz CT molecular complexity index is 601. The fourth-order valence-electron chi connectivity index (χ4n) is 4.45. The Morgan fingerprint density at radius 2 is 2.00 bits per heavy atom. The summed E-state index contributed by atoms with van der Waals surface area (Å²) < 4.78 is 1.88. The molecule has 0 aliphatic carbocycles. The first-order chi connectivity index (χ1) is 12.5. The van der Waals surface area contributed by atoms with Crippen LogP contribution in [0.25, 0.3) is 0 Å². The number of aryl methyl sites for hydroxylation is 2. The van der Waals surface area contributed by atoms with Crippen LogP contribution in [-0.2, 0) is 11.3 Å². The first kappa shape index (κ1) is 19.3. The summed E-state index contributed by atoms with van der Waals surface area (Å²) in [4.78, 5) is 17.1. The summed E-state index contributed by atoms with van der Waals surface area (Å²) in [5.74, 6) is 1.90. The number of likely N-dealkylation sites (tertiary alicyclic amines) is 2. The smallest absolute Gasteiger partial charge is 0.222 e. The molecule has 0 saturated carbocycles. The second-order valence-electron chi connectivity index (χ2n) is 8.68. The summed E-state index contributed by atoms with van der Waals surface area (Å²) >= 11 is 0. The second kappa shape index (κ2) is 8.46. The van der Waals surface area contributed by atoms with Gasteiger partial charge in [0.25, 0.3) is 0 Å². The van der Waals surface area contributed by atoms with Gasteiger partial charge in [0.15, 0.2) is 0 Å². The average Bonchev–Trinajstić information content (AvgIpc) is 3.01. The molecule has 1 atom stereocenters. The fourth-order valence-corrected chi connectivity index (χ4v) is 4.45. The van der Waals surface area contributed by atoms with Crippen LogP contribution in [0.1, 0.15) is 58.2 Å². The second-order valence-corrected chi connectivity index (χ2v) is 8.68. The quantitative estimate of drug-likeness (QED) is 0.743.